The van der Waals surface area contributed by atoms with Gasteiger partial charge >= 0.3 is 12.1 Å². The quantitative estimate of drug-likeness (QED) is 0.738. The molecule has 0 aromatic rings. The molecule has 5 heteroatoms. The van der Waals surface area contributed by atoms with Crippen LogP contribution in [0, 0.1) is 5.41 Å². The highest BCUT2D eigenvalue weighted by Crippen LogP contribution is 2.48. The lowest BCUT2D eigenvalue weighted by Gasteiger charge is -2.43. The Labute approximate surface area is 114 Å². The number of carbonyl (C=O) groups is 2. The molecule has 2 rings (SSSR count). The lowest BCUT2D eigenvalue weighted by Crippen LogP contribution is -2.55. The summed E-state index contributed by atoms with van der Waals surface area (Å²) in [5.74, 6) is -0.133. The SMILES string of the molecule is CCOC(=O)N1CCCC2(C(=O)OCC)CCCC12. The number of likely N-dealkylation sites (tertiary alicyclic amines) is 1. The molecule has 5 nitrogen and oxygen atoms in total. The Morgan fingerprint density at radius 1 is 1.16 bits per heavy atom. The van der Waals surface area contributed by atoms with Crippen LogP contribution in [0.4, 0.5) is 4.79 Å². The predicted octanol–water partition coefficient (Wildman–Crippen LogP) is 2.34. The smallest absolute Gasteiger partial charge is 0.410 e. The summed E-state index contributed by atoms with van der Waals surface area (Å²) >= 11 is 0. The number of amides is 1. The zero-order chi connectivity index (χ0) is 13.9. The van der Waals surface area contributed by atoms with Crippen LogP contribution in [0.2, 0.25) is 0 Å². The lowest BCUT2D eigenvalue weighted by molar-refractivity contribution is -0.161. The van der Waals surface area contributed by atoms with Gasteiger partial charge in [0.15, 0.2) is 0 Å². The predicted molar refractivity (Wildman–Crippen MR) is 69.7 cm³/mol. The Hall–Kier alpha value is -1.26. The van der Waals surface area contributed by atoms with Crippen molar-refractivity contribution in [2.24, 2.45) is 5.41 Å². The number of hydrogen-bond acceptors (Lipinski definition) is 4. The van der Waals surface area contributed by atoms with E-state index in [0.717, 1.165) is 32.1 Å². The molecule has 19 heavy (non-hydrogen) atoms. The molecule has 0 N–H and O–H groups in total. The highest BCUT2D eigenvalue weighted by atomic mass is 16.6. The number of carbonyl (C=O) groups excluding carboxylic acids is 2. The largest absolute Gasteiger partial charge is 0.466 e. The molecule has 2 unspecified atom stereocenters. The Morgan fingerprint density at radius 3 is 2.53 bits per heavy atom. The van der Waals surface area contributed by atoms with Gasteiger partial charge in [0.05, 0.1) is 24.7 Å². The minimum atomic E-state index is -0.485. The van der Waals surface area contributed by atoms with E-state index in [4.69, 9.17) is 9.47 Å². The molecule has 2 aliphatic rings. The fourth-order valence-corrected chi connectivity index (χ4v) is 3.56. The minimum Gasteiger partial charge on any atom is -0.466 e. The van der Waals surface area contributed by atoms with Crippen molar-refractivity contribution in [2.75, 3.05) is 19.8 Å². The first-order chi connectivity index (χ1) is 9.15. The van der Waals surface area contributed by atoms with Crippen molar-refractivity contribution in [2.45, 2.75) is 52.0 Å². The Bertz CT molecular complexity index is 357. The van der Waals surface area contributed by atoms with Crippen LogP contribution in [-0.4, -0.2) is 42.8 Å². The van der Waals surface area contributed by atoms with Crippen LogP contribution in [-0.2, 0) is 14.3 Å². The van der Waals surface area contributed by atoms with Crippen LogP contribution < -0.4 is 0 Å². The lowest BCUT2D eigenvalue weighted by atomic mass is 9.75. The molecule has 1 aliphatic carbocycles. The average molecular weight is 269 g/mol. The van der Waals surface area contributed by atoms with Crippen molar-refractivity contribution < 1.29 is 19.1 Å². The van der Waals surface area contributed by atoms with Gasteiger partial charge in [-0.1, -0.05) is 6.42 Å². The van der Waals surface area contributed by atoms with Gasteiger partial charge in [0.25, 0.3) is 0 Å². The number of fused-ring (bicyclic) bond motifs is 1. The molecule has 0 aromatic heterocycles. The summed E-state index contributed by atoms with van der Waals surface area (Å²) in [6.45, 7) is 5.07. The topological polar surface area (TPSA) is 55.8 Å². The maximum Gasteiger partial charge on any atom is 0.410 e. The first kappa shape index (κ1) is 14.2. The summed E-state index contributed by atoms with van der Waals surface area (Å²) in [6, 6.07) is -0.0423. The van der Waals surface area contributed by atoms with Gasteiger partial charge in [0, 0.05) is 6.54 Å². The molecule has 0 aromatic carbocycles. The molecular weight excluding hydrogens is 246 g/mol. The Kier molecular flexibility index (Phi) is 4.32. The summed E-state index contributed by atoms with van der Waals surface area (Å²) in [5, 5.41) is 0. The van der Waals surface area contributed by atoms with Crippen molar-refractivity contribution in [1.29, 1.82) is 0 Å². The molecule has 0 spiro atoms. The molecule has 1 saturated heterocycles. The van der Waals surface area contributed by atoms with Gasteiger partial charge in [-0.05, 0) is 39.5 Å². The van der Waals surface area contributed by atoms with E-state index < -0.39 is 5.41 Å². The van der Waals surface area contributed by atoms with Gasteiger partial charge in [-0.3, -0.25) is 4.79 Å². The van der Waals surface area contributed by atoms with Gasteiger partial charge in [0.1, 0.15) is 0 Å². The summed E-state index contributed by atoms with van der Waals surface area (Å²) in [4.78, 5) is 26.1. The van der Waals surface area contributed by atoms with Crippen LogP contribution in [0.15, 0.2) is 0 Å². The fraction of sp³-hybridized carbons (Fsp3) is 0.857. The van der Waals surface area contributed by atoms with Gasteiger partial charge in [-0.15, -0.1) is 0 Å². The molecular formula is C14H23NO4. The van der Waals surface area contributed by atoms with E-state index >= 15 is 0 Å². The summed E-state index contributed by atoms with van der Waals surface area (Å²) < 4.78 is 10.4. The molecule has 1 saturated carbocycles. The fourth-order valence-electron chi connectivity index (χ4n) is 3.56. The molecule has 0 radical (unpaired) electrons. The maximum atomic E-state index is 12.3. The van der Waals surface area contributed by atoms with E-state index in [0.29, 0.717) is 19.8 Å². The number of nitrogens with zero attached hydrogens (tertiary/aromatic N) is 1. The molecule has 2 fully saturated rings. The van der Waals surface area contributed by atoms with Crippen molar-refractivity contribution in [3.8, 4) is 0 Å². The molecule has 1 aliphatic heterocycles. The van der Waals surface area contributed by atoms with Crippen LogP contribution in [0.3, 0.4) is 0 Å². The summed E-state index contributed by atoms with van der Waals surface area (Å²) in [5.41, 5.74) is -0.485. The van der Waals surface area contributed by atoms with E-state index in [2.05, 4.69) is 0 Å². The van der Waals surface area contributed by atoms with Crippen molar-refractivity contribution in [1.82, 2.24) is 4.90 Å². The average Bonchev–Trinajstić information content (AvgIpc) is 2.84. The zero-order valence-corrected chi connectivity index (χ0v) is 11.8. The Morgan fingerprint density at radius 2 is 1.84 bits per heavy atom. The highest BCUT2D eigenvalue weighted by Gasteiger charge is 2.55. The van der Waals surface area contributed by atoms with Gasteiger partial charge < -0.3 is 14.4 Å². The second-order valence-electron chi connectivity index (χ2n) is 5.28. The number of piperidine rings is 1. The van der Waals surface area contributed by atoms with Crippen LogP contribution in [0.5, 0.6) is 0 Å². The van der Waals surface area contributed by atoms with Crippen LogP contribution in [0.1, 0.15) is 46.0 Å². The van der Waals surface area contributed by atoms with E-state index in [1.54, 1.807) is 11.8 Å². The van der Waals surface area contributed by atoms with Crippen molar-refractivity contribution in [3.05, 3.63) is 0 Å². The first-order valence-electron chi connectivity index (χ1n) is 7.26. The number of ether oxygens (including phenoxy) is 2. The van der Waals surface area contributed by atoms with Crippen LogP contribution in [0.25, 0.3) is 0 Å². The normalized spacial score (nSPS) is 29.8. The minimum absolute atomic E-state index is 0.0423. The van der Waals surface area contributed by atoms with Gasteiger partial charge in [-0.25, -0.2) is 4.79 Å². The summed E-state index contributed by atoms with van der Waals surface area (Å²) in [7, 11) is 0. The Balaban J connectivity index is 2.19. The van der Waals surface area contributed by atoms with Crippen LogP contribution >= 0.6 is 0 Å². The standard InChI is InChI=1S/C14H23NO4/c1-3-18-12(16)14-8-5-7-11(14)15(10-6-9-14)13(17)19-4-2/h11H,3-10H2,1-2H3. The monoisotopic (exact) mass is 269 g/mol. The van der Waals surface area contributed by atoms with E-state index in [9.17, 15) is 9.59 Å². The van der Waals surface area contributed by atoms with Crippen molar-refractivity contribution in [3.63, 3.8) is 0 Å². The number of esters is 1. The van der Waals surface area contributed by atoms with E-state index in [1.165, 1.54) is 0 Å². The third kappa shape index (κ3) is 2.42. The second-order valence-corrected chi connectivity index (χ2v) is 5.28. The second kappa shape index (κ2) is 5.80. The number of rotatable bonds is 3. The van der Waals surface area contributed by atoms with Crippen molar-refractivity contribution >= 4 is 12.1 Å². The maximum absolute atomic E-state index is 12.3. The number of hydrogen-bond donors (Lipinski definition) is 0. The molecule has 0 bridgehead atoms. The third-order valence-electron chi connectivity index (χ3n) is 4.32. The molecule has 1 amide bonds. The van der Waals surface area contributed by atoms with Gasteiger partial charge in [-0.2, -0.15) is 0 Å². The molecule has 2 atom stereocenters. The highest BCUT2D eigenvalue weighted by molar-refractivity contribution is 5.80. The molecule has 1 heterocycles. The van der Waals surface area contributed by atoms with Gasteiger partial charge in [0.2, 0.25) is 0 Å². The van der Waals surface area contributed by atoms with E-state index in [1.807, 2.05) is 6.92 Å². The molecule has 108 valence electrons. The summed E-state index contributed by atoms with van der Waals surface area (Å²) in [6.07, 6.45) is 4.05. The van der Waals surface area contributed by atoms with E-state index in [-0.39, 0.29) is 18.1 Å². The zero-order valence-electron chi connectivity index (χ0n) is 11.8. The first-order valence-corrected chi connectivity index (χ1v) is 7.26. The third-order valence-corrected chi connectivity index (χ3v) is 4.32.